The van der Waals surface area contributed by atoms with Crippen LogP contribution in [-0.4, -0.2) is 88.9 Å². The first-order valence-corrected chi connectivity index (χ1v) is 10.8. The summed E-state index contributed by atoms with van der Waals surface area (Å²) in [4.78, 5) is 26.7. The highest BCUT2D eigenvalue weighted by molar-refractivity contribution is 5.96. The predicted molar refractivity (Wildman–Crippen MR) is 108 cm³/mol. The maximum absolute atomic E-state index is 13.0. The molecule has 0 bridgehead atoms. The second-order valence-corrected chi connectivity index (χ2v) is 8.23. The zero-order valence-electron chi connectivity index (χ0n) is 16.8. The van der Waals surface area contributed by atoms with Gasteiger partial charge < -0.3 is 18.9 Å². The normalized spacial score (nSPS) is 23.0. The number of aromatic nitrogens is 3. The van der Waals surface area contributed by atoms with Crippen molar-refractivity contribution in [1.29, 1.82) is 0 Å². The minimum atomic E-state index is 0.0699. The van der Waals surface area contributed by atoms with Crippen LogP contribution in [0.15, 0.2) is 18.6 Å². The summed E-state index contributed by atoms with van der Waals surface area (Å²) in [5.41, 5.74) is 2.30. The van der Waals surface area contributed by atoms with Gasteiger partial charge in [-0.25, -0.2) is 9.97 Å². The number of imidazole rings is 1. The van der Waals surface area contributed by atoms with Crippen LogP contribution in [-0.2, 0) is 9.47 Å². The molecular weight excluding hydrogens is 370 g/mol. The molecule has 5 heterocycles. The summed E-state index contributed by atoms with van der Waals surface area (Å²) in [6.07, 6.45) is 7.59. The van der Waals surface area contributed by atoms with Crippen molar-refractivity contribution in [2.24, 2.45) is 0 Å². The molecule has 156 valence electrons. The third-order valence-electron chi connectivity index (χ3n) is 6.56. The zero-order valence-corrected chi connectivity index (χ0v) is 16.8. The maximum atomic E-state index is 13.0. The topological polar surface area (TPSA) is 72.7 Å². The number of likely N-dealkylation sites (tertiary alicyclic amines) is 1. The number of hydrogen-bond donors (Lipinski definition) is 0. The lowest BCUT2D eigenvalue weighted by atomic mass is 10.0. The van der Waals surface area contributed by atoms with Crippen molar-refractivity contribution in [2.75, 3.05) is 52.6 Å². The summed E-state index contributed by atoms with van der Waals surface area (Å²) in [6.45, 7) is 6.83. The molecule has 8 nitrogen and oxygen atoms in total. The lowest BCUT2D eigenvalue weighted by Crippen LogP contribution is -2.50. The SMILES string of the molecule is O=C(c1cnc2c(c1)ncn2C1CCOCC1)N1CCC(N2CCOCC2)CC1. The van der Waals surface area contributed by atoms with E-state index in [4.69, 9.17) is 9.47 Å². The molecule has 8 heteroatoms. The number of hydrogen-bond acceptors (Lipinski definition) is 6. The second kappa shape index (κ2) is 8.38. The van der Waals surface area contributed by atoms with Crippen molar-refractivity contribution in [3.05, 3.63) is 24.2 Å². The van der Waals surface area contributed by atoms with Crippen LogP contribution >= 0.6 is 0 Å². The van der Waals surface area contributed by atoms with E-state index >= 15 is 0 Å². The van der Waals surface area contributed by atoms with Crippen LogP contribution in [0.3, 0.4) is 0 Å². The van der Waals surface area contributed by atoms with Gasteiger partial charge in [-0.1, -0.05) is 0 Å². The standard InChI is InChI=1S/C21H29N5O3/c27-21(25-5-1-17(2-6-25)24-7-11-29-12-8-24)16-13-19-20(22-14-16)26(15-23-19)18-3-9-28-10-4-18/h13-15,17-18H,1-12H2. The first kappa shape index (κ1) is 19.0. The monoisotopic (exact) mass is 399 g/mol. The van der Waals surface area contributed by atoms with Crippen molar-refractivity contribution >= 4 is 17.1 Å². The van der Waals surface area contributed by atoms with E-state index in [1.807, 2.05) is 17.3 Å². The number of pyridine rings is 1. The molecule has 3 fully saturated rings. The largest absolute Gasteiger partial charge is 0.381 e. The van der Waals surface area contributed by atoms with Crippen molar-refractivity contribution in [2.45, 2.75) is 37.8 Å². The zero-order chi connectivity index (χ0) is 19.6. The highest BCUT2D eigenvalue weighted by Gasteiger charge is 2.28. The Bertz CT molecular complexity index is 849. The van der Waals surface area contributed by atoms with Gasteiger partial charge in [0.25, 0.3) is 5.91 Å². The minimum absolute atomic E-state index is 0.0699. The van der Waals surface area contributed by atoms with Crippen LogP contribution in [0.1, 0.15) is 42.1 Å². The summed E-state index contributed by atoms with van der Waals surface area (Å²) in [5.74, 6) is 0.0699. The number of rotatable bonds is 3. The fourth-order valence-electron chi connectivity index (χ4n) is 4.83. The quantitative estimate of drug-likeness (QED) is 0.783. The molecule has 3 aliphatic rings. The van der Waals surface area contributed by atoms with E-state index in [2.05, 4.69) is 19.4 Å². The van der Waals surface area contributed by atoms with Gasteiger partial charge in [-0.3, -0.25) is 9.69 Å². The minimum Gasteiger partial charge on any atom is -0.381 e. The number of nitrogens with zero attached hydrogens (tertiary/aromatic N) is 5. The third-order valence-corrected chi connectivity index (χ3v) is 6.56. The van der Waals surface area contributed by atoms with E-state index < -0.39 is 0 Å². The molecule has 0 unspecified atom stereocenters. The number of carbonyl (C=O) groups excluding carboxylic acids is 1. The number of ether oxygens (including phenoxy) is 2. The lowest BCUT2D eigenvalue weighted by Gasteiger charge is -2.40. The van der Waals surface area contributed by atoms with Gasteiger partial charge in [0, 0.05) is 57.7 Å². The molecule has 0 N–H and O–H groups in total. The fourth-order valence-corrected chi connectivity index (χ4v) is 4.83. The number of amides is 1. The van der Waals surface area contributed by atoms with Crippen molar-refractivity contribution in [3.63, 3.8) is 0 Å². The first-order valence-electron chi connectivity index (χ1n) is 10.8. The molecule has 2 aromatic rings. The number of morpholine rings is 1. The molecule has 0 aromatic carbocycles. The molecule has 3 saturated heterocycles. The summed E-state index contributed by atoms with van der Waals surface area (Å²) in [6, 6.07) is 2.84. The molecule has 0 aliphatic carbocycles. The fraction of sp³-hybridized carbons (Fsp3) is 0.667. The first-order chi connectivity index (χ1) is 14.3. The van der Waals surface area contributed by atoms with Crippen molar-refractivity contribution in [3.8, 4) is 0 Å². The predicted octanol–water partition coefficient (Wildman–Crippen LogP) is 1.72. The molecule has 0 spiro atoms. The van der Waals surface area contributed by atoms with Gasteiger partial charge in [0.1, 0.15) is 5.52 Å². The van der Waals surface area contributed by atoms with Crippen molar-refractivity contribution < 1.29 is 14.3 Å². The average molecular weight is 399 g/mol. The van der Waals surface area contributed by atoms with Crippen molar-refractivity contribution in [1.82, 2.24) is 24.3 Å². The highest BCUT2D eigenvalue weighted by Crippen LogP contribution is 2.25. The molecule has 5 rings (SSSR count). The second-order valence-electron chi connectivity index (χ2n) is 8.23. The van der Waals surface area contributed by atoms with Gasteiger partial charge in [-0.05, 0) is 31.7 Å². The van der Waals surface area contributed by atoms with E-state index in [1.54, 1.807) is 6.20 Å². The Morgan fingerprint density at radius 1 is 0.897 bits per heavy atom. The number of piperidine rings is 1. The molecular formula is C21H29N5O3. The molecule has 29 heavy (non-hydrogen) atoms. The van der Waals surface area contributed by atoms with Gasteiger partial charge >= 0.3 is 0 Å². The van der Waals surface area contributed by atoms with Gasteiger partial charge in [-0.2, -0.15) is 0 Å². The van der Waals surface area contributed by atoms with E-state index in [1.165, 1.54) is 0 Å². The molecule has 0 atom stereocenters. The molecule has 0 radical (unpaired) electrons. The third kappa shape index (κ3) is 3.89. The summed E-state index contributed by atoms with van der Waals surface area (Å²) in [5, 5.41) is 0. The maximum Gasteiger partial charge on any atom is 0.255 e. The van der Waals surface area contributed by atoms with E-state index in [0.29, 0.717) is 17.6 Å². The van der Waals surface area contributed by atoms with E-state index in [-0.39, 0.29) is 5.91 Å². The Hall–Kier alpha value is -2.03. The molecule has 3 aliphatic heterocycles. The number of carbonyl (C=O) groups is 1. The average Bonchev–Trinajstić information content (AvgIpc) is 3.23. The summed E-state index contributed by atoms with van der Waals surface area (Å²) >= 11 is 0. The Balaban J connectivity index is 1.25. The summed E-state index contributed by atoms with van der Waals surface area (Å²) < 4.78 is 13.1. The molecule has 2 aromatic heterocycles. The van der Waals surface area contributed by atoms with E-state index in [9.17, 15) is 4.79 Å². The molecule has 0 saturated carbocycles. The Morgan fingerprint density at radius 3 is 2.38 bits per heavy atom. The van der Waals surface area contributed by atoms with Crippen LogP contribution in [0.2, 0.25) is 0 Å². The number of fused-ring (bicyclic) bond motifs is 1. The highest BCUT2D eigenvalue weighted by atomic mass is 16.5. The Morgan fingerprint density at radius 2 is 1.62 bits per heavy atom. The smallest absolute Gasteiger partial charge is 0.255 e. The van der Waals surface area contributed by atoms with Crippen LogP contribution in [0, 0.1) is 0 Å². The van der Waals surface area contributed by atoms with Gasteiger partial charge in [0.05, 0.1) is 25.1 Å². The van der Waals surface area contributed by atoms with Gasteiger partial charge in [0.15, 0.2) is 5.65 Å². The Kier molecular flexibility index (Phi) is 5.48. The summed E-state index contributed by atoms with van der Waals surface area (Å²) in [7, 11) is 0. The lowest BCUT2D eigenvalue weighted by molar-refractivity contribution is 0.00158. The van der Waals surface area contributed by atoms with Crippen LogP contribution < -0.4 is 0 Å². The Labute approximate surface area is 170 Å². The van der Waals surface area contributed by atoms with Gasteiger partial charge in [-0.15, -0.1) is 0 Å². The van der Waals surface area contributed by atoms with E-state index in [0.717, 1.165) is 89.5 Å². The van der Waals surface area contributed by atoms with Crippen LogP contribution in [0.25, 0.3) is 11.2 Å². The van der Waals surface area contributed by atoms with Crippen LogP contribution in [0.5, 0.6) is 0 Å². The van der Waals surface area contributed by atoms with Crippen LogP contribution in [0.4, 0.5) is 0 Å². The van der Waals surface area contributed by atoms with Gasteiger partial charge in [0.2, 0.25) is 0 Å². The molecule has 1 amide bonds.